The number of amides is 2. The quantitative estimate of drug-likeness (QED) is 0.158. The number of carboxylic acid groups (broad SMARTS) is 2. The van der Waals surface area contributed by atoms with Gasteiger partial charge in [0.1, 0.15) is 0 Å². The van der Waals surface area contributed by atoms with Gasteiger partial charge >= 0.3 is 6.16 Å². The van der Waals surface area contributed by atoms with Crippen LogP contribution in [-0.4, -0.2) is 102 Å². The van der Waals surface area contributed by atoms with Crippen LogP contribution in [0.5, 0.6) is 0 Å². The van der Waals surface area contributed by atoms with Crippen LogP contribution in [0, 0.1) is 0 Å². The second-order valence-corrected chi connectivity index (χ2v) is 9.34. The number of hydrogen-bond donors (Lipinski definition) is 7. The van der Waals surface area contributed by atoms with Crippen molar-refractivity contribution < 1.29 is 43.7 Å². The molecule has 14 nitrogen and oxygen atoms in total. The lowest BCUT2D eigenvalue weighted by Crippen LogP contribution is -2.49. The summed E-state index contributed by atoms with van der Waals surface area (Å²) in [6.07, 6.45) is 0.130. The molecule has 0 unspecified atom stereocenters. The Bertz CT molecular complexity index is 794. The summed E-state index contributed by atoms with van der Waals surface area (Å²) in [5, 5.41) is 25.1. The Morgan fingerprint density at radius 1 is 1.00 bits per heavy atom. The molecular formula is C23H41N5O9. The number of ether oxygens (including phenoxy) is 1. The first-order chi connectivity index (χ1) is 17.2. The van der Waals surface area contributed by atoms with E-state index in [1.54, 1.807) is 0 Å². The van der Waals surface area contributed by atoms with Crippen molar-refractivity contribution in [3.05, 3.63) is 0 Å². The molecule has 0 saturated carbocycles. The van der Waals surface area contributed by atoms with Crippen molar-refractivity contribution in [2.24, 2.45) is 5.73 Å². The van der Waals surface area contributed by atoms with Crippen molar-refractivity contribution >= 4 is 35.3 Å². The van der Waals surface area contributed by atoms with Gasteiger partial charge < -0.3 is 36.6 Å². The maximum Gasteiger partial charge on any atom is 0.503 e. The van der Waals surface area contributed by atoms with Gasteiger partial charge in [0.25, 0.3) is 0 Å². The highest BCUT2D eigenvalue weighted by Gasteiger charge is 2.29. The fourth-order valence-electron chi connectivity index (χ4n) is 3.17. The molecule has 0 aliphatic carbocycles. The Kier molecular flexibility index (Phi) is 16.1. The highest BCUT2D eigenvalue weighted by molar-refractivity contribution is 5.94. The molecule has 2 rings (SSSR count). The molecule has 14 heteroatoms. The van der Waals surface area contributed by atoms with Crippen LogP contribution >= 0.6 is 0 Å². The molecule has 0 aromatic rings. The maximum absolute atomic E-state index is 12.2. The molecule has 8 N–H and O–H groups in total. The summed E-state index contributed by atoms with van der Waals surface area (Å²) in [6.45, 7) is 8.87. The molecule has 0 bridgehead atoms. The van der Waals surface area contributed by atoms with Crippen molar-refractivity contribution in [1.29, 1.82) is 0 Å². The summed E-state index contributed by atoms with van der Waals surface area (Å²) in [6, 6.07) is -1.30. The van der Waals surface area contributed by atoms with Gasteiger partial charge in [0.15, 0.2) is 17.3 Å². The minimum Gasteiger partial charge on any atom is -0.450 e. The zero-order valence-corrected chi connectivity index (χ0v) is 21.9. The predicted octanol–water partition coefficient (Wildman–Crippen LogP) is -1.20. The lowest BCUT2D eigenvalue weighted by Gasteiger charge is -2.25. The fraction of sp³-hybridized carbons (Fsp3) is 0.739. The van der Waals surface area contributed by atoms with Crippen LogP contribution in [0.3, 0.4) is 0 Å². The minimum atomic E-state index is -1.83. The van der Waals surface area contributed by atoms with E-state index in [4.69, 9.17) is 25.5 Å². The Morgan fingerprint density at radius 3 is 1.86 bits per heavy atom. The largest absolute Gasteiger partial charge is 0.503 e. The molecule has 2 aliphatic rings. The van der Waals surface area contributed by atoms with E-state index in [0.29, 0.717) is 32.2 Å². The molecule has 0 spiro atoms. The normalized spacial score (nSPS) is 19.4. The number of rotatable bonds is 12. The number of Topliss-reactive ketones (excluding diaryl/α,β-unsaturated/α-hetero) is 3. The first-order valence-corrected chi connectivity index (χ1v) is 12.1. The van der Waals surface area contributed by atoms with Gasteiger partial charge in [-0.15, -0.1) is 0 Å². The van der Waals surface area contributed by atoms with E-state index >= 15 is 0 Å². The third kappa shape index (κ3) is 16.4. The zero-order valence-electron chi connectivity index (χ0n) is 21.9. The van der Waals surface area contributed by atoms with E-state index in [-0.39, 0.29) is 67.0 Å². The lowest BCUT2D eigenvalue weighted by atomic mass is 10.1. The lowest BCUT2D eigenvalue weighted by molar-refractivity contribution is -0.126. The maximum atomic E-state index is 12.2. The molecule has 0 aromatic carbocycles. The van der Waals surface area contributed by atoms with Gasteiger partial charge in [-0.25, -0.2) is 4.79 Å². The molecule has 0 aromatic heterocycles. The third-order valence-corrected chi connectivity index (χ3v) is 5.11. The van der Waals surface area contributed by atoms with Gasteiger partial charge in [0.2, 0.25) is 11.8 Å². The molecule has 3 atom stereocenters. The van der Waals surface area contributed by atoms with E-state index < -0.39 is 18.2 Å². The number of ketones is 3. The molecule has 2 aliphatic heterocycles. The summed E-state index contributed by atoms with van der Waals surface area (Å²) in [5.74, 6) is -0.371. The van der Waals surface area contributed by atoms with E-state index in [9.17, 15) is 24.0 Å². The second-order valence-electron chi connectivity index (χ2n) is 9.34. The molecule has 2 fully saturated rings. The molecule has 2 saturated heterocycles. The van der Waals surface area contributed by atoms with E-state index in [1.807, 2.05) is 27.7 Å². The summed E-state index contributed by atoms with van der Waals surface area (Å²) in [4.78, 5) is 65.4. The number of carbonyl (C=O) groups excluding carboxylic acids is 5. The Hall–Kier alpha value is -2.94. The molecule has 2 heterocycles. The standard InChI is InChI=1S/C16H29N3O4.C6H10N2O2.CH2O3/c1-5-17-8-13(20)12(10-23-16(2,3)4)18-9-14(21)11-6-7-15(22)19-11;7-3-5(9)4-1-2-6(10)8-4;2-1(3)4/h11-12,17-18H,5-10H2,1-4H3,(H,19,22);4H,1-3,7H2,(H,8,10);(H2,2,3,4)/t11-,12+;4-;/m00./s1. The Balaban J connectivity index is 0.000000757. The smallest absolute Gasteiger partial charge is 0.450 e. The monoisotopic (exact) mass is 531 g/mol. The summed E-state index contributed by atoms with van der Waals surface area (Å²) < 4.78 is 5.68. The van der Waals surface area contributed by atoms with Crippen LogP contribution < -0.4 is 27.0 Å². The van der Waals surface area contributed by atoms with Gasteiger partial charge in [-0.2, -0.15) is 0 Å². The summed E-state index contributed by atoms with van der Waals surface area (Å²) >= 11 is 0. The van der Waals surface area contributed by atoms with Crippen molar-refractivity contribution in [1.82, 2.24) is 21.3 Å². The van der Waals surface area contributed by atoms with Gasteiger partial charge in [0, 0.05) is 12.8 Å². The molecule has 37 heavy (non-hydrogen) atoms. The van der Waals surface area contributed by atoms with Crippen LogP contribution in [0.2, 0.25) is 0 Å². The average molecular weight is 532 g/mol. The molecular weight excluding hydrogens is 490 g/mol. The fourth-order valence-corrected chi connectivity index (χ4v) is 3.17. The summed E-state index contributed by atoms with van der Waals surface area (Å²) in [5.41, 5.74) is 4.74. The van der Waals surface area contributed by atoms with Gasteiger partial charge in [-0.05, 0) is 40.2 Å². The zero-order chi connectivity index (χ0) is 28.6. The van der Waals surface area contributed by atoms with Crippen molar-refractivity contribution in [2.45, 2.75) is 77.1 Å². The van der Waals surface area contributed by atoms with Crippen molar-refractivity contribution in [3.63, 3.8) is 0 Å². The number of nitrogens with one attached hydrogen (secondary N) is 4. The predicted molar refractivity (Wildman–Crippen MR) is 133 cm³/mol. The molecule has 0 radical (unpaired) electrons. The van der Waals surface area contributed by atoms with Crippen LogP contribution in [-0.2, 0) is 28.7 Å². The first-order valence-electron chi connectivity index (χ1n) is 12.1. The number of carbonyl (C=O) groups is 6. The van der Waals surface area contributed by atoms with Gasteiger partial charge in [-0.3, -0.25) is 29.3 Å². The van der Waals surface area contributed by atoms with Crippen LogP contribution in [0.1, 0.15) is 53.4 Å². The van der Waals surface area contributed by atoms with E-state index in [2.05, 4.69) is 21.3 Å². The highest BCUT2D eigenvalue weighted by atomic mass is 16.6. The van der Waals surface area contributed by atoms with Crippen LogP contribution in [0.25, 0.3) is 0 Å². The second kappa shape index (κ2) is 17.5. The SMILES string of the molecule is CCNCC(=O)[C@@H](COC(C)(C)C)NCC(=O)[C@@H]1CCC(=O)N1.NCC(=O)[C@@H]1CCC(=O)N1.O=C(O)O. The van der Waals surface area contributed by atoms with Crippen LogP contribution in [0.15, 0.2) is 0 Å². The average Bonchev–Trinajstić information content (AvgIpc) is 3.44. The summed E-state index contributed by atoms with van der Waals surface area (Å²) in [7, 11) is 0. The first kappa shape index (κ1) is 34.1. The number of likely N-dealkylation sites (N-methyl/N-ethyl adjacent to an activating group) is 1. The number of hydrogen-bond acceptors (Lipinski definition) is 10. The van der Waals surface area contributed by atoms with Gasteiger partial charge in [0.05, 0.1) is 50.0 Å². The Morgan fingerprint density at radius 2 is 1.49 bits per heavy atom. The third-order valence-electron chi connectivity index (χ3n) is 5.11. The number of nitrogens with two attached hydrogens (primary N) is 1. The molecule has 2 amide bonds. The van der Waals surface area contributed by atoms with E-state index in [0.717, 1.165) is 0 Å². The topological polar surface area (TPSA) is 226 Å². The van der Waals surface area contributed by atoms with Crippen molar-refractivity contribution in [3.8, 4) is 0 Å². The van der Waals surface area contributed by atoms with Crippen molar-refractivity contribution in [2.75, 3.05) is 32.8 Å². The van der Waals surface area contributed by atoms with Crippen LogP contribution in [0.4, 0.5) is 4.79 Å². The highest BCUT2D eigenvalue weighted by Crippen LogP contribution is 2.09. The minimum absolute atomic E-state index is 0.0188. The van der Waals surface area contributed by atoms with Gasteiger partial charge in [-0.1, -0.05) is 6.92 Å². The Labute approximate surface area is 216 Å². The molecule has 212 valence electrons. The van der Waals surface area contributed by atoms with E-state index in [1.165, 1.54) is 0 Å².